The number of carbonyl (C=O) groups is 3. The van der Waals surface area contributed by atoms with Crippen molar-refractivity contribution in [2.24, 2.45) is 0 Å². The summed E-state index contributed by atoms with van der Waals surface area (Å²) in [5, 5.41) is 7.44. The number of imide groups is 1. The number of amides is 4. The van der Waals surface area contributed by atoms with Gasteiger partial charge in [0.05, 0.1) is 0 Å². The highest BCUT2D eigenvalue weighted by atomic mass is 16.2. The smallest absolute Gasteiger partial charge is 0.325 e. The van der Waals surface area contributed by atoms with Gasteiger partial charge in [-0.05, 0) is 36.6 Å². The van der Waals surface area contributed by atoms with Crippen LogP contribution < -0.4 is 10.6 Å². The van der Waals surface area contributed by atoms with Gasteiger partial charge in [-0.15, -0.1) is 0 Å². The summed E-state index contributed by atoms with van der Waals surface area (Å²) in [6, 6.07) is 12.8. The van der Waals surface area contributed by atoms with Gasteiger partial charge in [0, 0.05) is 6.04 Å². The van der Waals surface area contributed by atoms with Crippen LogP contribution in [0, 0.1) is 0 Å². The number of urea groups is 1. The number of carbonyl (C=O) groups excluding carboxylic acids is 3. The molecule has 2 N–H and O–H groups in total. The Morgan fingerprint density at radius 3 is 2.62 bits per heavy atom. The minimum atomic E-state index is -1.20. The molecule has 0 saturated carbocycles. The molecule has 2 aromatic rings. The maximum Gasteiger partial charge on any atom is 0.325 e. The van der Waals surface area contributed by atoms with Crippen LogP contribution in [0.2, 0.25) is 0 Å². The molecular formula is C20H23N3O3. The number of nitrogens with one attached hydrogen (secondary N) is 2. The van der Waals surface area contributed by atoms with Gasteiger partial charge in [-0.2, -0.15) is 0 Å². The van der Waals surface area contributed by atoms with Crippen molar-refractivity contribution in [2.45, 2.75) is 38.8 Å². The Morgan fingerprint density at radius 1 is 1.19 bits per heavy atom. The van der Waals surface area contributed by atoms with E-state index in [1.54, 1.807) is 6.92 Å². The van der Waals surface area contributed by atoms with Crippen molar-refractivity contribution in [3.8, 4) is 0 Å². The van der Waals surface area contributed by atoms with Crippen molar-refractivity contribution in [3.05, 3.63) is 48.0 Å². The van der Waals surface area contributed by atoms with Crippen LogP contribution in [0.1, 0.15) is 32.8 Å². The molecule has 3 rings (SSSR count). The molecule has 0 unspecified atom stereocenters. The molecule has 0 aromatic heterocycles. The molecule has 0 radical (unpaired) electrons. The summed E-state index contributed by atoms with van der Waals surface area (Å²) < 4.78 is 0. The normalized spacial score (nSPS) is 21.0. The minimum Gasteiger partial charge on any atom is -0.352 e. The Kier molecular flexibility index (Phi) is 4.68. The third-order valence-electron chi connectivity index (χ3n) is 4.92. The van der Waals surface area contributed by atoms with E-state index in [4.69, 9.17) is 0 Å². The van der Waals surface area contributed by atoms with E-state index in [0.717, 1.165) is 27.7 Å². The molecule has 4 amide bonds. The highest BCUT2D eigenvalue weighted by Gasteiger charge is 2.50. The second-order valence-corrected chi connectivity index (χ2v) is 6.85. The Hall–Kier alpha value is -2.89. The summed E-state index contributed by atoms with van der Waals surface area (Å²) in [4.78, 5) is 38.6. The van der Waals surface area contributed by atoms with Gasteiger partial charge in [0.1, 0.15) is 12.1 Å². The highest BCUT2D eigenvalue weighted by molar-refractivity contribution is 6.10. The van der Waals surface area contributed by atoms with Crippen molar-refractivity contribution >= 4 is 28.6 Å². The van der Waals surface area contributed by atoms with Crippen LogP contribution in [0.25, 0.3) is 10.8 Å². The van der Waals surface area contributed by atoms with Crippen LogP contribution in [0.15, 0.2) is 42.5 Å². The van der Waals surface area contributed by atoms with Crippen molar-refractivity contribution in [1.29, 1.82) is 0 Å². The molecule has 2 atom stereocenters. The second kappa shape index (κ2) is 6.78. The number of fused-ring (bicyclic) bond motifs is 1. The molecular weight excluding hydrogens is 330 g/mol. The Bertz CT molecular complexity index is 874. The zero-order valence-electron chi connectivity index (χ0n) is 15.2. The first-order valence-corrected chi connectivity index (χ1v) is 8.78. The molecule has 1 fully saturated rings. The maximum atomic E-state index is 13.0. The molecule has 2 aromatic carbocycles. The van der Waals surface area contributed by atoms with Crippen molar-refractivity contribution in [3.63, 3.8) is 0 Å². The molecule has 0 aliphatic carbocycles. The molecule has 0 spiro atoms. The molecule has 1 aliphatic rings. The first-order valence-electron chi connectivity index (χ1n) is 8.78. The van der Waals surface area contributed by atoms with Crippen LogP contribution in [-0.2, 0) is 15.1 Å². The standard InChI is InChI=1S/C20H23N3O3/c1-4-13(2)21-17(24)12-23-18(25)20(3,22-19(23)26)16-11-7-9-14-8-5-6-10-15(14)16/h5-11,13H,4,12H2,1-3H3,(H,21,24)(H,22,26)/t13-,20+/m1/s1. The summed E-state index contributed by atoms with van der Waals surface area (Å²) in [7, 11) is 0. The lowest BCUT2D eigenvalue weighted by atomic mass is 9.88. The lowest BCUT2D eigenvalue weighted by Gasteiger charge is -2.24. The van der Waals surface area contributed by atoms with E-state index in [0.29, 0.717) is 0 Å². The average molecular weight is 353 g/mol. The topological polar surface area (TPSA) is 78.5 Å². The molecule has 6 heteroatoms. The van der Waals surface area contributed by atoms with Gasteiger partial charge in [0.25, 0.3) is 5.91 Å². The number of nitrogens with zero attached hydrogens (tertiary/aromatic N) is 1. The summed E-state index contributed by atoms with van der Waals surface area (Å²) in [5.74, 6) is -0.761. The lowest BCUT2D eigenvalue weighted by Crippen LogP contribution is -2.44. The fourth-order valence-corrected chi connectivity index (χ4v) is 3.25. The summed E-state index contributed by atoms with van der Waals surface area (Å²) >= 11 is 0. The third kappa shape index (κ3) is 3.03. The molecule has 136 valence electrons. The van der Waals surface area contributed by atoms with Crippen LogP contribution in [-0.4, -0.2) is 35.3 Å². The van der Waals surface area contributed by atoms with Crippen LogP contribution in [0.3, 0.4) is 0 Å². The van der Waals surface area contributed by atoms with Gasteiger partial charge in [0.15, 0.2) is 0 Å². The van der Waals surface area contributed by atoms with Gasteiger partial charge in [-0.3, -0.25) is 14.5 Å². The monoisotopic (exact) mass is 353 g/mol. The fourth-order valence-electron chi connectivity index (χ4n) is 3.25. The van der Waals surface area contributed by atoms with E-state index < -0.39 is 17.5 Å². The molecule has 1 saturated heterocycles. The Morgan fingerprint density at radius 2 is 1.88 bits per heavy atom. The first-order chi connectivity index (χ1) is 12.4. The van der Waals surface area contributed by atoms with Crippen LogP contribution in [0.5, 0.6) is 0 Å². The second-order valence-electron chi connectivity index (χ2n) is 6.85. The van der Waals surface area contributed by atoms with E-state index in [9.17, 15) is 14.4 Å². The zero-order chi connectivity index (χ0) is 18.9. The van der Waals surface area contributed by atoms with Gasteiger partial charge < -0.3 is 10.6 Å². The SMILES string of the molecule is CC[C@@H](C)NC(=O)CN1C(=O)N[C@@](C)(c2cccc3ccccc23)C1=O. The average Bonchev–Trinajstić information content (AvgIpc) is 2.85. The number of hydrogen-bond acceptors (Lipinski definition) is 3. The lowest BCUT2D eigenvalue weighted by molar-refractivity contribution is -0.135. The first kappa shape index (κ1) is 17.9. The van der Waals surface area contributed by atoms with Gasteiger partial charge >= 0.3 is 6.03 Å². The molecule has 1 aliphatic heterocycles. The molecule has 0 bridgehead atoms. The van der Waals surface area contributed by atoms with Crippen molar-refractivity contribution in [1.82, 2.24) is 15.5 Å². The van der Waals surface area contributed by atoms with Gasteiger partial charge in [-0.25, -0.2) is 4.79 Å². The number of benzene rings is 2. The molecule has 26 heavy (non-hydrogen) atoms. The zero-order valence-corrected chi connectivity index (χ0v) is 15.2. The van der Waals surface area contributed by atoms with Gasteiger partial charge in [-0.1, -0.05) is 49.4 Å². The maximum absolute atomic E-state index is 13.0. The Balaban J connectivity index is 1.91. The molecule has 6 nitrogen and oxygen atoms in total. The Labute approximate surface area is 152 Å². The van der Waals surface area contributed by atoms with E-state index in [1.807, 2.05) is 56.3 Å². The third-order valence-corrected chi connectivity index (χ3v) is 4.92. The fraction of sp³-hybridized carbons (Fsp3) is 0.350. The van der Waals surface area contributed by atoms with Crippen molar-refractivity contribution in [2.75, 3.05) is 6.54 Å². The number of rotatable bonds is 5. The quantitative estimate of drug-likeness (QED) is 0.811. The van der Waals surface area contributed by atoms with E-state index in [-0.39, 0.29) is 18.5 Å². The van der Waals surface area contributed by atoms with Crippen molar-refractivity contribution < 1.29 is 14.4 Å². The van der Waals surface area contributed by atoms with Gasteiger partial charge in [0.2, 0.25) is 5.91 Å². The van der Waals surface area contributed by atoms with E-state index in [1.165, 1.54) is 0 Å². The van der Waals surface area contributed by atoms with E-state index in [2.05, 4.69) is 10.6 Å². The van der Waals surface area contributed by atoms with Crippen LogP contribution in [0.4, 0.5) is 4.79 Å². The summed E-state index contributed by atoms with van der Waals surface area (Å²) in [6.07, 6.45) is 0.777. The predicted molar refractivity (Wildman–Crippen MR) is 99.4 cm³/mol. The van der Waals surface area contributed by atoms with Crippen LogP contribution >= 0.6 is 0 Å². The summed E-state index contributed by atoms with van der Waals surface area (Å²) in [5.41, 5.74) is -0.479. The number of hydrogen-bond donors (Lipinski definition) is 2. The predicted octanol–water partition coefficient (Wildman–Crippen LogP) is 2.52. The van der Waals surface area contributed by atoms with E-state index >= 15 is 0 Å². The minimum absolute atomic E-state index is 0.00674. The summed E-state index contributed by atoms with van der Waals surface area (Å²) in [6.45, 7) is 5.23. The largest absolute Gasteiger partial charge is 0.352 e. The highest BCUT2D eigenvalue weighted by Crippen LogP contribution is 2.33. The molecule has 1 heterocycles.